The zero-order chi connectivity index (χ0) is 13.2. The molecular weight excluding hydrogens is 242 g/mol. The number of hydrogen-bond donors (Lipinski definition) is 1. The standard InChI is InChI=1S/C15H23NOS/c1-15(2,3)18(17)16-14-11-7-5-9-12-8-4-6-10-13(12)14/h4,6,8,10,14,16H,5,7,9,11H2,1-3H3/t14-,18+/m0/s1. The minimum Gasteiger partial charge on any atom is -0.242 e. The lowest BCUT2D eigenvalue weighted by atomic mass is 10.0. The van der Waals surface area contributed by atoms with Gasteiger partial charge in [0, 0.05) is 6.04 Å². The van der Waals surface area contributed by atoms with Crippen LogP contribution >= 0.6 is 0 Å². The molecule has 100 valence electrons. The van der Waals surface area contributed by atoms with Crippen LogP contribution in [0.4, 0.5) is 0 Å². The molecule has 0 heterocycles. The van der Waals surface area contributed by atoms with Crippen molar-refractivity contribution < 1.29 is 4.21 Å². The number of rotatable bonds is 2. The van der Waals surface area contributed by atoms with Crippen LogP contribution in [0.2, 0.25) is 0 Å². The molecule has 0 saturated heterocycles. The van der Waals surface area contributed by atoms with Crippen molar-refractivity contribution in [2.45, 2.75) is 57.2 Å². The van der Waals surface area contributed by atoms with E-state index >= 15 is 0 Å². The van der Waals surface area contributed by atoms with E-state index in [2.05, 4.69) is 29.0 Å². The summed E-state index contributed by atoms with van der Waals surface area (Å²) in [6, 6.07) is 8.80. The zero-order valence-electron chi connectivity index (χ0n) is 11.5. The third-order valence-electron chi connectivity index (χ3n) is 3.42. The number of aryl methyl sites for hydroxylation is 1. The van der Waals surface area contributed by atoms with Crippen LogP contribution in [-0.2, 0) is 17.4 Å². The molecule has 0 unspecified atom stereocenters. The summed E-state index contributed by atoms with van der Waals surface area (Å²) in [5.74, 6) is 0. The van der Waals surface area contributed by atoms with Gasteiger partial charge in [0.15, 0.2) is 0 Å². The first kappa shape index (κ1) is 13.8. The molecule has 0 fully saturated rings. The molecule has 0 amide bonds. The van der Waals surface area contributed by atoms with Gasteiger partial charge in [-0.2, -0.15) is 0 Å². The van der Waals surface area contributed by atoms with E-state index in [0.29, 0.717) is 0 Å². The molecule has 18 heavy (non-hydrogen) atoms. The van der Waals surface area contributed by atoms with Crippen molar-refractivity contribution in [3.8, 4) is 0 Å². The second kappa shape index (κ2) is 5.54. The highest BCUT2D eigenvalue weighted by Crippen LogP contribution is 2.29. The van der Waals surface area contributed by atoms with Gasteiger partial charge >= 0.3 is 0 Å². The third-order valence-corrected chi connectivity index (χ3v) is 5.04. The lowest BCUT2D eigenvalue weighted by molar-refractivity contribution is 0.557. The zero-order valence-corrected chi connectivity index (χ0v) is 12.3. The Morgan fingerprint density at radius 2 is 1.94 bits per heavy atom. The Morgan fingerprint density at radius 1 is 1.22 bits per heavy atom. The summed E-state index contributed by atoms with van der Waals surface area (Å²) in [6.45, 7) is 6.04. The molecule has 0 aliphatic heterocycles. The van der Waals surface area contributed by atoms with Crippen LogP contribution in [0.15, 0.2) is 24.3 Å². The fraction of sp³-hybridized carbons (Fsp3) is 0.600. The average Bonchev–Trinajstić information content (AvgIpc) is 2.51. The predicted molar refractivity (Wildman–Crippen MR) is 77.8 cm³/mol. The monoisotopic (exact) mass is 265 g/mol. The molecule has 3 heteroatoms. The van der Waals surface area contributed by atoms with Gasteiger partial charge in [0.2, 0.25) is 0 Å². The molecule has 0 aromatic heterocycles. The molecule has 1 N–H and O–H groups in total. The lowest BCUT2D eigenvalue weighted by Gasteiger charge is -2.24. The Bertz CT molecular complexity index is 436. The minimum atomic E-state index is -1.000. The van der Waals surface area contributed by atoms with Crippen LogP contribution in [-0.4, -0.2) is 8.96 Å². The van der Waals surface area contributed by atoms with E-state index in [-0.39, 0.29) is 10.8 Å². The summed E-state index contributed by atoms with van der Waals surface area (Å²) in [7, 11) is -1.000. The van der Waals surface area contributed by atoms with Gasteiger partial charge in [-0.15, -0.1) is 0 Å². The van der Waals surface area contributed by atoms with E-state index in [1.165, 1.54) is 24.0 Å². The Labute approximate surface area is 113 Å². The Hall–Kier alpha value is -0.670. The van der Waals surface area contributed by atoms with E-state index in [0.717, 1.165) is 12.8 Å². The summed E-state index contributed by atoms with van der Waals surface area (Å²) in [4.78, 5) is 0. The molecule has 0 bridgehead atoms. The quantitative estimate of drug-likeness (QED) is 0.815. The predicted octanol–water partition coefficient (Wildman–Crippen LogP) is 3.51. The Kier molecular flexibility index (Phi) is 4.23. The first-order valence-corrected chi connectivity index (χ1v) is 7.89. The number of nitrogens with one attached hydrogen (secondary N) is 1. The molecule has 0 spiro atoms. The Balaban J connectivity index is 2.21. The summed E-state index contributed by atoms with van der Waals surface area (Å²) in [6.07, 6.45) is 4.67. The van der Waals surface area contributed by atoms with Crippen LogP contribution in [0.25, 0.3) is 0 Å². The van der Waals surface area contributed by atoms with Crippen LogP contribution in [0.1, 0.15) is 57.2 Å². The van der Waals surface area contributed by atoms with E-state index < -0.39 is 11.0 Å². The average molecular weight is 265 g/mol. The summed E-state index contributed by atoms with van der Waals surface area (Å²) >= 11 is 0. The SMILES string of the molecule is CC(C)(C)[S@@](=O)N[C@H]1CCCCc2ccccc21. The second-order valence-corrected chi connectivity index (χ2v) is 7.99. The van der Waals surface area contributed by atoms with E-state index in [9.17, 15) is 4.21 Å². The van der Waals surface area contributed by atoms with Crippen LogP contribution < -0.4 is 4.72 Å². The molecule has 1 aromatic rings. The van der Waals surface area contributed by atoms with E-state index in [1.54, 1.807) is 0 Å². The molecule has 0 saturated carbocycles. The third kappa shape index (κ3) is 3.21. The van der Waals surface area contributed by atoms with Gasteiger partial charge < -0.3 is 0 Å². The Morgan fingerprint density at radius 3 is 2.67 bits per heavy atom. The van der Waals surface area contributed by atoms with Crippen LogP contribution in [0.5, 0.6) is 0 Å². The first-order chi connectivity index (χ1) is 8.48. The maximum atomic E-state index is 12.3. The van der Waals surface area contributed by atoms with Gasteiger partial charge in [-0.05, 0) is 51.2 Å². The fourth-order valence-electron chi connectivity index (χ4n) is 2.35. The van der Waals surface area contributed by atoms with Crippen molar-refractivity contribution in [2.75, 3.05) is 0 Å². The molecule has 1 aliphatic rings. The van der Waals surface area contributed by atoms with Crippen molar-refractivity contribution in [1.82, 2.24) is 4.72 Å². The normalized spacial score (nSPS) is 22.1. The maximum absolute atomic E-state index is 12.3. The smallest absolute Gasteiger partial charge is 0.0975 e. The molecular formula is C15H23NOS. The highest BCUT2D eigenvalue weighted by molar-refractivity contribution is 7.84. The lowest BCUT2D eigenvalue weighted by Crippen LogP contribution is -2.35. The second-order valence-electron chi connectivity index (χ2n) is 6.00. The van der Waals surface area contributed by atoms with Crippen molar-refractivity contribution in [3.05, 3.63) is 35.4 Å². The van der Waals surface area contributed by atoms with Crippen molar-refractivity contribution >= 4 is 11.0 Å². The number of hydrogen-bond acceptors (Lipinski definition) is 1. The molecule has 1 aliphatic carbocycles. The largest absolute Gasteiger partial charge is 0.242 e. The van der Waals surface area contributed by atoms with Gasteiger partial charge in [-0.1, -0.05) is 30.7 Å². The van der Waals surface area contributed by atoms with Gasteiger partial charge in [-0.25, -0.2) is 8.93 Å². The first-order valence-electron chi connectivity index (χ1n) is 6.74. The van der Waals surface area contributed by atoms with Gasteiger partial charge in [-0.3, -0.25) is 0 Å². The molecule has 2 rings (SSSR count). The van der Waals surface area contributed by atoms with E-state index in [1.807, 2.05) is 20.8 Å². The summed E-state index contributed by atoms with van der Waals surface area (Å²) in [5.41, 5.74) is 2.76. The molecule has 2 nitrogen and oxygen atoms in total. The van der Waals surface area contributed by atoms with Crippen LogP contribution in [0.3, 0.4) is 0 Å². The molecule has 0 radical (unpaired) electrons. The highest BCUT2D eigenvalue weighted by Gasteiger charge is 2.25. The summed E-state index contributed by atoms with van der Waals surface area (Å²) in [5, 5.41) is 0. The minimum absolute atomic E-state index is 0.207. The summed E-state index contributed by atoms with van der Waals surface area (Å²) < 4.78 is 15.4. The van der Waals surface area contributed by atoms with Crippen molar-refractivity contribution in [3.63, 3.8) is 0 Å². The number of fused-ring (bicyclic) bond motifs is 1. The fourth-order valence-corrected chi connectivity index (χ4v) is 3.21. The molecule has 1 aromatic carbocycles. The molecule has 2 atom stereocenters. The highest BCUT2D eigenvalue weighted by atomic mass is 32.2. The van der Waals surface area contributed by atoms with E-state index in [4.69, 9.17) is 0 Å². The van der Waals surface area contributed by atoms with Crippen molar-refractivity contribution in [1.29, 1.82) is 0 Å². The number of benzene rings is 1. The van der Waals surface area contributed by atoms with Crippen molar-refractivity contribution in [2.24, 2.45) is 0 Å². The maximum Gasteiger partial charge on any atom is 0.0975 e. The van der Waals surface area contributed by atoms with Gasteiger partial charge in [0.05, 0.1) is 15.7 Å². The van der Waals surface area contributed by atoms with Gasteiger partial charge in [0.25, 0.3) is 0 Å². The topological polar surface area (TPSA) is 29.1 Å². The van der Waals surface area contributed by atoms with Gasteiger partial charge in [0.1, 0.15) is 0 Å². The van der Waals surface area contributed by atoms with Crippen LogP contribution in [0, 0.1) is 0 Å².